The van der Waals surface area contributed by atoms with Gasteiger partial charge in [-0.3, -0.25) is 4.99 Å². The van der Waals surface area contributed by atoms with E-state index in [1.807, 2.05) is 37.5 Å². The van der Waals surface area contributed by atoms with Crippen LogP contribution in [0.1, 0.15) is 65.2 Å². The average Bonchev–Trinajstić information content (AvgIpc) is 2.32. The van der Waals surface area contributed by atoms with Crippen molar-refractivity contribution in [3.63, 3.8) is 0 Å². The van der Waals surface area contributed by atoms with Crippen LogP contribution in [0.25, 0.3) is 0 Å². The highest BCUT2D eigenvalue weighted by atomic mass is 15.1. The van der Waals surface area contributed by atoms with E-state index in [1.165, 1.54) is 51.4 Å². The summed E-state index contributed by atoms with van der Waals surface area (Å²) in [6, 6.07) is 0. The molecule has 0 aromatic carbocycles. The van der Waals surface area contributed by atoms with Gasteiger partial charge in [0.2, 0.25) is 0 Å². The fourth-order valence-corrected chi connectivity index (χ4v) is 1.80. The molecule has 0 aromatic rings. The van der Waals surface area contributed by atoms with Crippen LogP contribution in [0.15, 0.2) is 17.3 Å². The maximum absolute atomic E-state index is 4.39. The molecule has 0 aliphatic heterocycles. The summed E-state index contributed by atoms with van der Waals surface area (Å²) in [5.41, 5.74) is 0. The number of rotatable bonds is 11. The zero-order valence-corrected chi connectivity index (χ0v) is 12.0. The van der Waals surface area contributed by atoms with Gasteiger partial charge in [-0.2, -0.15) is 0 Å². The molecule has 0 aliphatic carbocycles. The molecule has 0 spiro atoms. The Bertz CT molecular complexity index is 197. The zero-order chi connectivity index (χ0) is 12.8. The van der Waals surface area contributed by atoms with Gasteiger partial charge in [-0.25, -0.2) is 0 Å². The minimum atomic E-state index is 0.969. The minimum Gasteiger partial charge on any atom is -0.343 e. The highest BCUT2D eigenvalue weighted by Crippen LogP contribution is 2.08. The maximum Gasteiger partial charge on any atom is 0.0886 e. The third-order valence-electron chi connectivity index (χ3n) is 2.79. The van der Waals surface area contributed by atoms with E-state index in [0.717, 1.165) is 6.54 Å². The zero-order valence-electron chi connectivity index (χ0n) is 12.0. The average molecular weight is 238 g/mol. The van der Waals surface area contributed by atoms with Gasteiger partial charge >= 0.3 is 0 Å². The van der Waals surface area contributed by atoms with Gasteiger partial charge in [0.05, 0.1) is 6.34 Å². The van der Waals surface area contributed by atoms with Gasteiger partial charge in [-0.1, -0.05) is 57.9 Å². The van der Waals surface area contributed by atoms with Gasteiger partial charge in [-0.05, 0) is 13.3 Å². The van der Waals surface area contributed by atoms with E-state index in [9.17, 15) is 0 Å². The molecule has 0 atom stereocenters. The topological polar surface area (TPSA) is 15.6 Å². The fourth-order valence-electron chi connectivity index (χ4n) is 1.80. The van der Waals surface area contributed by atoms with Crippen molar-refractivity contribution in [2.45, 2.75) is 65.2 Å². The summed E-state index contributed by atoms with van der Waals surface area (Å²) in [6.07, 6.45) is 16.9. The highest BCUT2D eigenvalue weighted by molar-refractivity contribution is 5.55. The molecule has 0 aromatic heterocycles. The lowest BCUT2D eigenvalue weighted by Gasteiger charge is -2.04. The Labute approximate surface area is 108 Å². The Balaban J connectivity index is 3.18. The van der Waals surface area contributed by atoms with Crippen LogP contribution in [0.2, 0.25) is 0 Å². The predicted molar refractivity (Wildman–Crippen MR) is 78.5 cm³/mol. The van der Waals surface area contributed by atoms with E-state index < -0.39 is 0 Å². The van der Waals surface area contributed by atoms with E-state index in [4.69, 9.17) is 0 Å². The highest BCUT2D eigenvalue weighted by Gasteiger charge is 1.90. The third kappa shape index (κ3) is 13.1. The lowest BCUT2D eigenvalue weighted by atomic mass is 10.1. The van der Waals surface area contributed by atoms with Gasteiger partial charge in [0.1, 0.15) is 0 Å². The van der Waals surface area contributed by atoms with E-state index in [2.05, 4.69) is 11.9 Å². The first kappa shape index (κ1) is 16.2. The monoisotopic (exact) mass is 238 g/mol. The molecule has 0 aliphatic rings. The largest absolute Gasteiger partial charge is 0.343 e. The smallest absolute Gasteiger partial charge is 0.0886 e. The van der Waals surface area contributed by atoms with Crippen molar-refractivity contribution in [3.8, 4) is 0 Å². The van der Waals surface area contributed by atoms with Crippen LogP contribution in [-0.4, -0.2) is 24.8 Å². The number of hydrogen-bond acceptors (Lipinski definition) is 1. The van der Waals surface area contributed by atoms with Gasteiger partial charge < -0.3 is 4.90 Å². The van der Waals surface area contributed by atoms with Crippen LogP contribution >= 0.6 is 0 Å². The van der Waals surface area contributed by atoms with Gasteiger partial charge in [0, 0.05) is 19.8 Å². The Morgan fingerprint density at radius 3 is 2.12 bits per heavy atom. The maximum atomic E-state index is 4.39. The van der Waals surface area contributed by atoms with Gasteiger partial charge in [0.25, 0.3) is 0 Å². The van der Waals surface area contributed by atoms with Crippen LogP contribution in [0.3, 0.4) is 0 Å². The third-order valence-corrected chi connectivity index (χ3v) is 2.79. The molecule has 0 saturated heterocycles. The van der Waals surface area contributed by atoms with Crippen LogP contribution in [-0.2, 0) is 0 Å². The molecular weight excluding hydrogens is 208 g/mol. The molecular formula is C15H30N2. The number of nitrogens with zero attached hydrogens (tertiary/aromatic N) is 2. The van der Waals surface area contributed by atoms with Crippen molar-refractivity contribution >= 4 is 6.34 Å². The van der Waals surface area contributed by atoms with Crippen LogP contribution in [0, 0.1) is 0 Å². The van der Waals surface area contributed by atoms with Crippen molar-refractivity contribution < 1.29 is 0 Å². The standard InChI is InChI=1S/C15H30N2/c1-4-6-7-8-9-10-11-12-13-16-15-17(3)14-5-2/h5,14-15H,4,6-13H2,1-3H3/b14-5-,16-15+. The molecule has 0 saturated carbocycles. The first-order valence-electron chi connectivity index (χ1n) is 7.16. The van der Waals surface area contributed by atoms with E-state index >= 15 is 0 Å². The van der Waals surface area contributed by atoms with Crippen LogP contribution < -0.4 is 0 Å². The molecule has 0 N–H and O–H groups in total. The first-order valence-corrected chi connectivity index (χ1v) is 7.16. The molecule has 0 amide bonds. The summed E-state index contributed by atoms with van der Waals surface area (Å²) in [4.78, 5) is 6.38. The lowest BCUT2D eigenvalue weighted by molar-refractivity contribution is 0.577. The van der Waals surface area contributed by atoms with Gasteiger partial charge in [0.15, 0.2) is 0 Å². The summed E-state index contributed by atoms with van der Waals surface area (Å²) in [5.74, 6) is 0. The molecule has 0 unspecified atom stereocenters. The molecule has 17 heavy (non-hydrogen) atoms. The van der Waals surface area contributed by atoms with Crippen molar-refractivity contribution in [2.24, 2.45) is 4.99 Å². The molecule has 100 valence electrons. The molecule has 0 bridgehead atoms. The second kappa shape index (κ2) is 13.3. The number of unbranched alkanes of at least 4 members (excludes halogenated alkanes) is 7. The summed E-state index contributed by atoms with van der Waals surface area (Å²) in [5, 5.41) is 0. The molecule has 0 radical (unpaired) electrons. The van der Waals surface area contributed by atoms with Crippen molar-refractivity contribution in [1.82, 2.24) is 4.90 Å². The second-order valence-corrected chi connectivity index (χ2v) is 4.64. The SMILES string of the molecule is C/C=C\N(C)/C=N/CCCCCCCCCC. The Morgan fingerprint density at radius 2 is 1.53 bits per heavy atom. The van der Waals surface area contributed by atoms with E-state index in [-0.39, 0.29) is 0 Å². The Hall–Kier alpha value is -0.790. The predicted octanol–water partition coefficient (Wildman–Crippen LogP) is 4.62. The van der Waals surface area contributed by atoms with Gasteiger partial charge in [-0.15, -0.1) is 0 Å². The van der Waals surface area contributed by atoms with Crippen LogP contribution in [0.4, 0.5) is 0 Å². The van der Waals surface area contributed by atoms with Crippen molar-refractivity contribution in [3.05, 3.63) is 12.3 Å². The van der Waals surface area contributed by atoms with E-state index in [1.54, 1.807) is 0 Å². The fraction of sp³-hybridized carbons (Fsp3) is 0.800. The minimum absolute atomic E-state index is 0.969. The molecule has 2 heteroatoms. The summed E-state index contributed by atoms with van der Waals surface area (Å²) in [6.45, 7) is 5.25. The summed E-state index contributed by atoms with van der Waals surface area (Å²) >= 11 is 0. The molecule has 2 nitrogen and oxygen atoms in total. The van der Waals surface area contributed by atoms with E-state index in [0.29, 0.717) is 0 Å². The Morgan fingerprint density at radius 1 is 0.941 bits per heavy atom. The number of allylic oxidation sites excluding steroid dienone is 1. The number of hydrogen-bond donors (Lipinski definition) is 0. The molecule has 0 heterocycles. The molecule has 0 fully saturated rings. The number of aliphatic imine (C=N–C) groups is 1. The lowest BCUT2D eigenvalue weighted by Crippen LogP contribution is -2.07. The van der Waals surface area contributed by atoms with Crippen molar-refractivity contribution in [1.29, 1.82) is 0 Å². The second-order valence-electron chi connectivity index (χ2n) is 4.64. The Kier molecular flexibility index (Phi) is 12.7. The normalized spacial score (nSPS) is 11.7. The van der Waals surface area contributed by atoms with Crippen molar-refractivity contribution in [2.75, 3.05) is 13.6 Å². The quantitative estimate of drug-likeness (QED) is 0.291. The summed E-state index contributed by atoms with van der Waals surface area (Å²) < 4.78 is 0. The molecule has 0 rings (SSSR count). The summed E-state index contributed by atoms with van der Waals surface area (Å²) in [7, 11) is 2.01. The first-order chi connectivity index (χ1) is 8.31. The van der Waals surface area contributed by atoms with Crippen LogP contribution in [0.5, 0.6) is 0 Å².